The summed E-state index contributed by atoms with van der Waals surface area (Å²) in [6.45, 7) is 4.30. The van der Waals surface area contributed by atoms with Crippen molar-refractivity contribution in [3.63, 3.8) is 0 Å². The first kappa shape index (κ1) is 21.6. The smallest absolute Gasteiger partial charge is 0.341 e. The van der Waals surface area contributed by atoms with Crippen LogP contribution in [0.3, 0.4) is 0 Å². The highest BCUT2D eigenvalue weighted by molar-refractivity contribution is 7.99. The maximum Gasteiger partial charge on any atom is 0.341 e. The largest absolute Gasteiger partial charge is 0.462 e. The first-order valence-corrected chi connectivity index (χ1v) is 12.1. The Hall–Kier alpha value is -2.65. The molecule has 4 rings (SSSR count). The van der Waals surface area contributed by atoms with Crippen LogP contribution in [0.4, 0.5) is 5.00 Å². The number of rotatable bonds is 7. The Kier molecular flexibility index (Phi) is 6.72. The molecule has 0 radical (unpaired) electrons. The van der Waals surface area contributed by atoms with Gasteiger partial charge in [0.2, 0.25) is 5.91 Å². The molecule has 1 aliphatic rings. The predicted octanol–water partition coefficient (Wildman–Crippen LogP) is 4.36. The molecule has 0 saturated carbocycles. The van der Waals surface area contributed by atoms with E-state index in [4.69, 9.17) is 4.74 Å². The maximum absolute atomic E-state index is 12.7. The molecule has 162 valence electrons. The summed E-state index contributed by atoms with van der Waals surface area (Å²) in [7, 11) is 0. The van der Waals surface area contributed by atoms with Gasteiger partial charge in [0.1, 0.15) is 11.3 Å². The first-order valence-electron chi connectivity index (χ1n) is 10.3. The van der Waals surface area contributed by atoms with E-state index in [1.54, 1.807) is 13.3 Å². The lowest BCUT2D eigenvalue weighted by Crippen LogP contribution is -2.18. The maximum atomic E-state index is 12.7. The van der Waals surface area contributed by atoms with Crippen LogP contribution in [0.2, 0.25) is 0 Å². The third-order valence-corrected chi connectivity index (χ3v) is 7.24. The molecular formula is C22H24N4O3S2. The van der Waals surface area contributed by atoms with Crippen molar-refractivity contribution in [3.05, 3.63) is 52.7 Å². The molecule has 1 N–H and O–H groups in total. The van der Waals surface area contributed by atoms with Gasteiger partial charge in [0.25, 0.3) is 0 Å². The number of amides is 1. The number of benzene rings is 1. The molecule has 1 atom stereocenters. The fourth-order valence-electron chi connectivity index (χ4n) is 3.64. The highest BCUT2D eigenvalue weighted by Crippen LogP contribution is 2.40. The first-order chi connectivity index (χ1) is 15.1. The van der Waals surface area contributed by atoms with Crippen molar-refractivity contribution in [2.45, 2.75) is 38.3 Å². The van der Waals surface area contributed by atoms with Crippen LogP contribution in [-0.4, -0.2) is 39.0 Å². The molecule has 0 spiro atoms. The lowest BCUT2D eigenvalue weighted by Gasteiger charge is -2.18. The van der Waals surface area contributed by atoms with Gasteiger partial charge in [0.15, 0.2) is 5.16 Å². The number of hydrogen-bond donors (Lipinski definition) is 1. The van der Waals surface area contributed by atoms with Crippen molar-refractivity contribution >= 4 is 40.0 Å². The summed E-state index contributed by atoms with van der Waals surface area (Å²) in [5.74, 6) is 0.183. The van der Waals surface area contributed by atoms with Crippen LogP contribution in [0.1, 0.15) is 41.1 Å². The SMILES string of the molecule is CCOC(=O)c1c(NC(=O)CSc2nncn2-c2ccccc2)sc2c1CCC(C)C2. The number of ether oxygens (including phenoxy) is 1. The number of carbonyl (C=O) groups is 2. The van der Waals surface area contributed by atoms with Crippen molar-refractivity contribution < 1.29 is 14.3 Å². The lowest BCUT2D eigenvalue weighted by atomic mass is 9.88. The summed E-state index contributed by atoms with van der Waals surface area (Å²) in [5, 5.41) is 12.3. The molecule has 7 nitrogen and oxygen atoms in total. The topological polar surface area (TPSA) is 86.1 Å². The van der Waals surface area contributed by atoms with Gasteiger partial charge >= 0.3 is 5.97 Å². The van der Waals surface area contributed by atoms with Crippen molar-refractivity contribution in [3.8, 4) is 5.69 Å². The average molecular weight is 457 g/mol. The van der Waals surface area contributed by atoms with E-state index in [0.29, 0.717) is 28.2 Å². The minimum absolute atomic E-state index is 0.159. The summed E-state index contributed by atoms with van der Waals surface area (Å²) in [6, 6.07) is 9.73. The van der Waals surface area contributed by atoms with Gasteiger partial charge in [0.05, 0.1) is 17.9 Å². The van der Waals surface area contributed by atoms with Gasteiger partial charge in [-0.05, 0) is 49.8 Å². The third-order valence-electron chi connectivity index (χ3n) is 5.13. The zero-order valence-corrected chi connectivity index (χ0v) is 19.1. The van der Waals surface area contributed by atoms with Crippen molar-refractivity contribution in [2.24, 2.45) is 5.92 Å². The monoisotopic (exact) mass is 456 g/mol. The number of esters is 1. The Morgan fingerprint density at radius 1 is 1.32 bits per heavy atom. The van der Waals surface area contributed by atoms with E-state index < -0.39 is 0 Å². The van der Waals surface area contributed by atoms with Crippen LogP contribution < -0.4 is 5.32 Å². The summed E-state index contributed by atoms with van der Waals surface area (Å²) in [5.41, 5.74) is 2.49. The zero-order chi connectivity index (χ0) is 21.8. The molecule has 3 aromatic rings. The Bertz CT molecular complexity index is 1080. The molecule has 1 amide bonds. The summed E-state index contributed by atoms with van der Waals surface area (Å²) in [4.78, 5) is 26.5. The van der Waals surface area contributed by atoms with Gasteiger partial charge in [0, 0.05) is 10.6 Å². The quantitative estimate of drug-likeness (QED) is 0.420. The summed E-state index contributed by atoms with van der Waals surface area (Å²) >= 11 is 2.80. The van der Waals surface area contributed by atoms with Gasteiger partial charge in [-0.25, -0.2) is 4.79 Å². The Morgan fingerprint density at radius 2 is 2.13 bits per heavy atom. The van der Waals surface area contributed by atoms with Gasteiger partial charge in [-0.15, -0.1) is 21.5 Å². The number of thioether (sulfide) groups is 1. The van der Waals surface area contributed by atoms with E-state index in [-0.39, 0.29) is 17.6 Å². The van der Waals surface area contributed by atoms with Crippen LogP contribution in [0, 0.1) is 5.92 Å². The van der Waals surface area contributed by atoms with E-state index in [1.165, 1.54) is 28.0 Å². The molecule has 1 unspecified atom stereocenters. The number of nitrogens with zero attached hydrogens (tertiary/aromatic N) is 3. The molecule has 1 aliphatic carbocycles. The third kappa shape index (κ3) is 4.83. The van der Waals surface area contributed by atoms with Gasteiger partial charge in [-0.2, -0.15) is 0 Å². The Labute approximate surface area is 189 Å². The van der Waals surface area contributed by atoms with Gasteiger partial charge in [-0.3, -0.25) is 9.36 Å². The molecule has 0 saturated heterocycles. The van der Waals surface area contributed by atoms with Crippen LogP contribution in [0.25, 0.3) is 5.69 Å². The number of anilines is 1. The molecule has 1 aromatic carbocycles. The highest BCUT2D eigenvalue weighted by atomic mass is 32.2. The standard InChI is InChI=1S/C22H24N4O3S2/c1-3-29-21(28)19-16-10-9-14(2)11-17(16)31-20(19)24-18(27)12-30-22-25-23-13-26(22)15-7-5-4-6-8-15/h4-8,13-14H,3,9-12H2,1-2H3,(H,24,27). The van der Waals surface area contributed by atoms with Gasteiger partial charge < -0.3 is 10.1 Å². The number of aromatic nitrogens is 3. The fraction of sp³-hybridized carbons (Fsp3) is 0.364. The second-order valence-corrected chi connectivity index (χ2v) is 9.48. The second-order valence-electron chi connectivity index (χ2n) is 7.43. The molecule has 2 aromatic heterocycles. The van der Waals surface area contributed by atoms with Crippen molar-refractivity contribution in [1.82, 2.24) is 14.8 Å². The lowest BCUT2D eigenvalue weighted by molar-refractivity contribution is -0.113. The minimum Gasteiger partial charge on any atom is -0.462 e. The van der Waals surface area contributed by atoms with Crippen molar-refractivity contribution in [2.75, 3.05) is 17.7 Å². The number of thiophene rings is 1. The van der Waals surface area contributed by atoms with Crippen LogP contribution in [-0.2, 0) is 22.4 Å². The molecule has 0 bridgehead atoms. The van der Waals surface area contributed by atoms with Crippen molar-refractivity contribution in [1.29, 1.82) is 0 Å². The van der Waals surface area contributed by atoms with Crippen LogP contribution in [0.5, 0.6) is 0 Å². The summed E-state index contributed by atoms with van der Waals surface area (Å²) in [6.07, 6.45) is 4.43. The second kappa shape index (κ2) is 9.65. The Morgan fingerprint density at radius 3 is 2.90 bits per heavy atom. The molecule has 2 heterocycles. The molecule has 0 fully saturated rings. The van der Waals surface area contributed by atoms with Gasteiger partial charge in [-0.1, -0.05) is 36.9 Å². The summed E-state index contributed by atoms with van der Waals surface area (Å²) < 4.78 is 7.12. The number of fused-ring (bicyclic) bond motifs is 1. The normalized spacial score (nSPS) is 15.4. The zero-order valence-electron chi connectivity index (χ0n) is 17.5. The van der Waals surface area contributed by atoms with Crippen LogP contribution >= 0.6 is 23.1 Å². The van der Waals surface area contributed by atoms with E-state index in [0.717, 1.165) is 30.5 Å². The van der Waals surface area contributed by atoms with E-state index in [1.807, 2.05) is 34.9 Å². The predicted molar refractivity (Wildman–Crippen MR) is 122 cm³/mol. The average Bonchev–Trinajstić information content (AvgIpc) is 3.37. The fourth-order valence-corrected chi connectivity index (χ4v) is 5.78. The Balaban J connectivity index is 1.48. The van der Waals surface area contributed by atoms with Crippen LogP contribution in [0.15, 0.2) is 41.8 Å². The van der Waals surface area contributed by atoms with E-state index in [2.05, 4.69) is 22.4 Å². The molecule has 31 heavy (non-hydrogen) atoms. The number of para-hydroxylation sites is 1. The van der Waals surface area contributed by atoms with E-state index in [9.17, 15) is 9.59 Å². The minimum atomic E-state index is -0.360. The molecule has 9 heteroatoms. The number of nitrogens with one attached hydrogen (secondary N) is 1. The number of hydrogen-bond acceptors (Lipinski definition) is 7. The number of carbonyl (C=O) groups excluding carboxylic acids is 2. The molecule has 0 aliphatic heterocycles. The van der Waals surface area contributed by atoms with E-state index >= 15 is 0 Å². The molecular weight excluding hydrogens is 432 g/mol. The highest BCUT2D eigenvalue weighted by Gasteiger charge is 2.29.